The van der Waals surface area contributed by atoms with E-state index in [1.54, 1.807) is 58.0 Å². The number of esters is 1. The first-order chi connectivity index (χ1) is 15.5. The van der Waals surface area contributed by atoms with Gasteiger partial charge in [0.25, 0.3) is 5.91 Å². The summed E-state index contributed by atoms with van der Waals surface area (Å²) >= 11 is 6.03. The minimum atomic E-state index is -0.590. The van der Waals surface area contributed by atoms with Crippen LogP contribution < -0.4 is 10.1 Å². The molecule has 2 aromatic carbocycles. The summed E-state index contributed by atoms with van der Waals surface area (Å²) in [6.45, 7) is 7.20. The molecule has 1 amide bonds. The number of nitrogens with one attached hydrogen (secondary N) is 1. The molecule has 0 saturated heterocycles. The summed E-state index contributed by atoms with van der Waals surface area (Å²) in [4.78, 5) is 29.2. The minimum Gasteiger partial charge on any atom is -0.456 e. The highest BCUT2D eigenvalue weighted by molar-refractivity contribution is 6.30. The predicted octanol–water partition coefficient (Wildman–Crippen LogP) is 6.11. The summed E-state index contributed by atoms with van der Waals surface area (Å²) in [5.74, 6) is -1.18. The van der Waals surface area contributed by atoms with E-state index in [1.165, 1.54) is 30.5 Å². The van der Waals surface area contributed by atoms with Gasteiger partial charge in [-0.25, -0.2) is 14.2 Å². The van der Waals surface area contributed by atoms with Crippen LogP contribution in [0.3, 0.4) is 0 Å². The van der Waals surface area contributed by atoms with Crippen LogP contribution in [-0.2, 0) is 4.74 Å². The molecule has 0 aliphatic carbocycles. The van der Waals surface area contributed by atoms with Crippen molar-refractivity contribution in [1.82, 2.24) is 10.3 Å². The molecule has 0 bridgehead atoms. The number of amides is 1. The lowest BCUT2D eigenvalue weighted by molar-refractivity contribution is 0.00693. The van der Waals surface area contributed by atoms with Crippen LogP contribution in [0.2, 0.25) is 5.02 Å². The van der Waals surface area contributed by atoms with E-state index in [9.17, 15) is 14.0 Å². The smallest absolute Gasteiger partial charge is 0.338 e. The molecule has 0 aliphatic heterocycles. The number of rotatable bonds is 6. The molecule has 6 nitrogen and oxygen atoms in total. The number of benzene rings is 2. The lowest BCUT2D eigenvalue weighted by atomic mass is 10.1. The molecule has 1 N–H and O–H groups in total. The summed E-state index contributed by atoms with van der Waals surface area (Å²) in [5, 5.41) is 3.11. The van der Waals surface area contributed by atoms with Crippen molar-refractivity contribution in [1.29, 1.82) is 0 Å². The third kappa shape index (κ3) is 6.76. The van der Waals surface area contributed by atoms with Crippen molar-refractivity contribution in [3.8, 4) is 11.6 Å². The molecule has 1 heterocycles. The molecule has 0 spiro atoms. The van der Waals surface area contributed by atoms with Crippen LogP contribution in [0, 0.1) is 5.82 Å². The topological polar surface area (TPSA) is 77.5 Å². The van der Waals surface area contributed by atoms with E-state index in [2.05, 4.69) is 10.3 Å². The fourth-order valence-corrected chi connectivity index (χ4v) is 3.07. The van der Waals surface area contributed by atoms with E-state index in [1.807, 2.05) is 0 Å². The maximum Gasteiger partial charge on any atom is 0.338 e. The molecule has 8 heteroatoms. The van der Waals surface area contributed by atoms with Gasteiger partial charge < -0.3 is 14.8 Å². The number of carbonyl (C=O) groups is 2. The molecule has 3 aromatic rings. The number of hydrogen-bond donors (Lipinski definition) is 1. The number of aromatic nitrogens is 1. The number of carbonyl (C=O) groups excluding carboxylic acids is 2. The summed E-state index contributed by atoms with van der Waals surface area (Å²) < 4.78 is 24.5. The largest absolute Gasteiger partial charge is 0.456 e. The van der Waals surface area contributed by atoms with Crippen molar-refractivity contribution in [3.63, 3.8) is 0 Å². The number of pyridine rings is 1. The van der Waals surface area contributed by atoms with Crippen molar-refractivity contribution >= 4 is 23.5 Å². The summed E-state index contributed by atoms with van der Waals surface area (Å²) in [7, 11) is 0. The third-order valence-corrected chi connectivity index (χ3v) is 4.67. The Bertz CT molecular complexity index is 1160. The maximum absolute atomic E-state index is 13.5. The Labute approximate surface area is 196 Å². The van der Waals surface area contributed by atoms with Crippen molar-refractivity contribution in [2.24, 2.45) is 0 Å². The zero-order valence-electron chi connectivity index (χ0n) is 18.7. The molecule has 1 atom stereocenters. The Morgan fingerprint density at radius 3 is 2.42 bits per heavy atom. The summed E-state index contributed by atoms with van der Waals surface area (Å²) in [6.07, 6.45) is 1.34. The van der Waals surface area contributed by atoms with Crippen LogP contribution in [0.15, 0.2) is 60.8 Å². The second-order valence-electron chi connectivity index (χ2n) is 8.38. The number of hydrogen-bond acceptors (Lipinski definition) is 5. The molecular weight excluding hydrogens is 447 g/mol. The van der Waals surface area contributed by atoms with E-state index in [0.717, 1.165) is 5.56 Å². The van der Waals surface area contributed by atoms with Crippen molar-refractivity contribution in [2.75, 3.05) is 0 Å². The zero-order chi connectivity index (χ0) is 24.2. The molecule has 1 aromatic heterocycles. The van der Waals surface area contributed by atoms with Crippen LogP contribution in [0.4, 0.5) is 4.39 Å². The van der Waals surface area contributed by atoms with Crippen molar-refractivity contribution in [2.45, 2.75) is 39.3 Å². The Morgan fingerprint density at radius 2 is 1.79 bits per heavy atom. The van der Waals surface area contributed by atoms with Gasteiger partial charge in [0.05, 0.1) is 16.6 Å². The van der Waals surface area contributed by atoms with Gasteiger partial charge in [-0.05, 0) is 63.6 Å². The molecule has 0 aliphatic rings. The van der Waals surface area contributed by atoms with Crippen LogP contribution in [0.1, 0.15) is 60.0 Å². The van der Waals surface area contributed by atoms with Gasteiger partial charge >= 0.3 is 5.97 Å². The fraction of sp³-hybridized carbons (Fsp3) is 0.240. The first-order valence-electron chi connectivity index (χ1n) is 10.2. The monoisotopic (exact) mass is 470 g/mol. The molecule has 3 rings (SSSR count). The minimum absolute atomic E-state index is 0.00465. The second kappa shape index (κ2) is 10.0. The first-order valence-corrected chi connectivity index (χ1v) is 10.6. The fourth-order valence-electron chi connectivity index (χ4n) is 2.92. The predicted molar refractivity (Wildman–Crippen MR) is 123 cm³/mol. The Morgan fingerprint density at radius 1 is 1.09 bits per heavy atom. The first kappa shape index (κ1) is 24.2. The summed E-state index contributed by atoms with van der Waals surface area (Å²) in [6, 6.07) is 13.3. The Balaban J connectivity index is 1.74. The van der Waals surface area contributed by atoms with Crippen molar-refractivity contribution < 1.29 is 23.5 Å². The highest BCUT2D eigenvalue weighted by Crippen LogP contribution is 2.27. The maximum atomic E-state index is 13.5. The van der Waals surface area contributed by atoms with E-state index >= 15 is 0 Å². The molecular formula is C25H24ClFN2O4. The van der Waals surface area contributed by atoms with Crippen LogP contribution in [0.25, 0.3) is 0 Å². The van der Waals surface area contributed by atoms with Crippen LogP contribution in [0.5, 0.6) is 11.6 Å². The second-order valence-corrected chi connectivity index (χ2v) is 8.82. The lowest BCUT2D eigenvalue weighted by Gasteiger charge is -2.20. The van der Waals surface area contributed by atoms with E-state index in [4.69, 9.17) is 21.1 Å². The Hall–Kier alpha value is -3.45. The van der Waals surface area contributed by atoms with Crippen molar-refractivity contribution in [3.05, 3.63) is 88.3 Å². The molecule has 0 unspecified atom stereocenters. The molecule has 0 radical (unpaired) electrons. The van der Waals surface area contributed by atoms with E-state index in [-0.39, 0.29) is 22.2 Å². The Kier molecular flexibility index (Phi) is 7.33. The van der Waals surface area contributed by atoms with Gasteiger partial charge in [-0.2, -0.15) is 0 Å². The van der Waals surface area contributed by atoms with Crippen LogP contribution in [-0.4, -0.2) is 22.5 Å². The van der Waals surface area contributed by atoms with Crippen LogP contribution >= 0.6 is 11.6 Å². The third-order valence-electron chi connectivity index (χ3n) is 4.47. The van der Waals surface area contributed by atoms with Gasteiger partial charge in [0, 0.05) is 12.3 Å². The standard InChI is InChI=1S/C25H24ClFN2O4/c1-15(16-8-10-17(11-9-16)24(31)33-25(2,3)4)29-22(30)21-12-18(26)14-28-23(21)32-20-7-5-6-19(27)13-20/h5-15H,1-4H3,(H,29,30)/t15-/m0/s1. The lowest BCUT2D eigenvalue weighted by Crippen LogP contribution is -2.27. The molecule has 172 valence electrons. The van der Waals surface area contributed by atoms with Gasteiger partial charge in [-0.15, -0.1) is 0 Å². The molecule has 0 fully saturated rings. The van der Waals surface area contributed by atoms with Gasteiger partial charge in [-0.1, -0.05) is 29.8 Å². The normalized spacial score (nSPS) is 12.1. The SMILES string of the molecule is C[C@H](NC(=O)c1cc(Cl)cnc1Oc1cccc(F)c1)c1ccc(C(=O)OC(C)(C)C)cc1. The van der Waals surface area contributed by atoms with E-state index in [0.29, 0.717) is 5.56 Å². The number of halogens is 2. The zero-order valence-corrected chi connectivity index (χ0v) is 19.4. The quantitative estimate of drug-likeness (QED) is 0.439. The number of ether oxygens (including phenoxy) is 2. The average Bonchev–Trinajstić information content (AvgIpc) is 2.74. The average molecular weight is 471 g/mol. The van der Waals surface area contributed by atoms with Gasteiger partial charge in [-0.3, -0.25) is 4.79 Å². The summed E-state index contributed by atoms with van der Waals surface area (Å²) in [5.41, 5.74) is 0.701. The highest BCUT2D eigenvalue weighted by atomic mass is 35.5. The molecule has 33 heavy (non-hydrogen) atoms. The van der Waals surface area contributed by atoms with E-state index < -0.39 is 29.3 Å². The van der Waals surface area contributed by atoms with Gasteiger partial charge in [0.2, 0.25) is 5.88 Å². The number of nitrogens with zero attached hydrogens (tertiary/aromatic N) is 1. The van der Waals surface area contributed by atoms with Gasteiger partial charge in [0.1, 0.15) is 22.7 Å². The highest BCUT2D eigenvalue weighted by Gasteiger charge is 2.20. The van der Waals surface area contributed by atoms with Gasteiger partial charge in [0.15, 0.2) is 0 Å². The molecule has 0 saturated carbocycles.